The average Bonchev–Trinajstić information content (AvgIpc) is 2.54. The Balaban J connectivity index is 2.03. The van der Waals surface area contributed by atoms with Crippen molar-refractivity contribution in [2.75, 3.05) is 4.90 Å². The third-order valence-corrected chi connectivity index (χ3v) is 3.99. The van der Waals surface area contributed by atoms with E-state index in [1.807, 2.05) is 13.0 Å². The molecule has 2 saturated heterocycles. The quantitative estimate of drug-likeness (QED) is 0.743. The number of rotatable bonds is 1. The first-order valence-electron chi connectivity index (χ1n) is 6.22. The number of hydrogen-bond donors (Lipinski definition) is 0. The first-order chi connectivity index (χ1) is 8.16. The number of carbonyl (C=O) groups is 1. The fourth-order valence-corrected chi connectivity index (χ4v) is 3.29. The molecule has 2 unspecified atom stereocenters. The fraction of sp³-hybridized carbons (Fsp3) is 0.500. The highest BCUT2D eigenvalue weighted by molar-refractivity contribution is 5.83. The van der Waals surface area contributed by atoms with Crippen molar-refractivity contribution in [2.24, 2.45) is 0 Å². The molecule has 3 heteroatoms. The Kier molecular flexibility index (Phi) is 2.42. The number of benzene rings is 1. The maximum Gasteiger partial charge on any atom is 0.146 e. The Morgan fingerprint density at radius 2 is 1.88 bits per heavy atom. The largest absolute Gasteiger partial charge is 0.362 e. The summed E-state index contributed by atoms with van der Waals surface area (Å²) in [5.41, 5.74) is 1.68. The van der Waals surface area contributed by atoms with E-state index in [4.69, 9.17) is 0 Å². The first kappa shape index (κ1) is 10.8. The van der Waals surface area contributed by atoms with Crippen molar-refractivity contribution in [1.29, 1.82) is 0 Å². The molecule has 3 rings (SSSR count). The van der Waals surface area contributed by atoms with Gasteiger partial charge in [-0.2, -0.15) is 0 Å². The van der Waals surface area contributed by atoms with Crippen LogP contribution in [0.1, 0.15) is 31.2 Å². The average molecular weight is 233 g/mol. The van der Waals surface area contributed by atoms with Crippen LogP contribution in [0.3, 0.4) is 0 Å². The number of fused-ring (bicyclic) bond motifs is 2. The molecular weight excluding hydrogens is 217 g/mol. The van der Waals surface area contributed by atoms with Crippen molar-refractivity contribution in [1.82, 2.24) is 0 Å². The number of hydrogen-bond acceptors (Lipinski definition) is 2. The van der Waals surface area contributed by atoms with Gasteiger partial charge in [-0.1, -0.05) is 12.1 Å². The molecule has 1 aromatic rings. The molecule has 2 nitrogen and oxygen atoms in total. The molecule has 0 radical (unpaired) electrons. The summed E-state index contributed by atoms with van der Waals surface area (Å²) in [6.45, 7) is 1.94. The predicted molar refractivity (Wildman–Crippen MR) is 64.7 cm³/mol. The van der Waals surface area contributed by atoms with Crippen molar-refractivity contribution in [2.45, 2.75) is 44.7 Å². The van der Waals surface area contributed by atoms with Crippen molar-refractivity contribution in [3.8, 4) is 0 Å². The number of ketones is 1. The summed E-state index contributed by atoms with van der Waals surface area (Å²) in [6, 6.07) is 5.63. The molecule has 90 valence electrons. The highest BCUT2D eigenvalue weighted by atomic mass is 19.1. The second kappa shape index (κ2) is 3.83. The SMILES string of the molecule is Cc1cccc(F)c1N1C2CCC1CC(=O)C2. The van der Waals surface area contributed by atoms with Gasteiger partial charge in [0.2, 0.25) is 0 Å². The molecule has 2 fully saturated rings. The minimum atomic E-state index is -0.156. The van der Waals surface area contributed by atoms with Crippen LogP contribution in [-0.4, -0.2) is 17.9 Å². The van der Waals surface area contributed by atoms with Gasteiger partial charge in [-0.25, -0.2) is 4.39 Å². The highest BCUT2D eigenvalue weighted by Gasteiger charge is 2.41. The Morgan fingerprint density at radius 3 is 2.47 bits per heavy atom. The molecule has 0 saturated carbocycles. The number of carbonyl (C=O) groups excluding carboxylic acids is 1. The van der Waals surface area contributed by atoms with E-state index in [0.29, 0.717) is 24.3 Å². The number of aryl methyl sites for hydroxylation is 1. The van der Waals surface area contributed by atoms with Crippen molar-refractivity contribution >= 4 is 11.5 Å². The standard InChI is InChI=1S/C14H16FNO/c1-9-3-2-4-13(15)14(9)16-10-5-6-11(16)8-12(17)7-10/h2-4,10-11H,5-8H2,1H3. The minimum absolute atomic E-state index is 0.156. The molecule has 2 aliphatic rings. The summed E-state index contributed by atoms with van der Waals surface area (Å²) < 4.78 is 14.0. The summed E-state index contributed by atoms with van der Waals surface area (Å²) in [4.78, 5) is 13.7. The summed E-state index contributed by atoms with van der Waals surface area (Å²) in [7, 11) is 0. The molecule has 0 aromatic heterocycles. The lowest BCUT2D eigenvalue weighted by Crippen LogP contribution is -2.44. The molecule has 0 spiro atoms. The van der Waals surface area contributed by atoms with Crippen LogP contribution in [0, 0.1) is 12.7 Å². The van der Waals surface area contributed by atoms with Crippen molar-refractivity contribution in [3.63, 3.8) is 0 Å². The van der Waals surface area contributed by atoms with E-state index in [0.717, 1.165) is 18.4 Å². The van der Waals surface area contributed by atoms with Crippen LogP contribution < -0.4 is 4.90 Å². The van der Waals surface area contributed by atoms with E-state index in [9.17, 15) is 9.18 Å². The second-order valence-corrected chi connectivity index (χ2v) is 5.14. The van der Waals surface area contributed by atoms with E-state index in [1.54, 1.807) is 6.07 Å². The third-order valence-electron chi connectivity index (χ3n) is 3.99. The molecule has 2 heterocycles. The zero-order valence-electron chi connectivity index (χ0n) is 9.95. The van der Waals surface area contributed by atoms with Crippen LogP contribution >= 0.6 is 0 Å². The Labute approximate surface area is 100 Å². The van der Waals surface area contributed by atoms with E-state index in [-0.39, 0.29) is 17.9 Å². The monoisotopic (exact) mass is 233 g/mol. The molecule has 2 aliphatic heterocycles. The van der Waals surface area contributed by atoms with E-state index in [2.05, 4.69) is 4.90 Å². The van der Waals surface area contributed by atoms with Gasteiger partial charge in [0.15, 0.2) is 0 Å². The number of Topliss-reactive ketones (excluding diaryl/α,β-unsaturated/α-hetero) is 1. The van der Waals surface area contributed by atoms with Gasteiger partial charge in [-0.3, -0.25) is 4.79 Å². The van der Waals surface area contributed by atoms with Crippen molar-refractivity contribution in [3.05, 3.63) is 29.6 Å². The second-order valence-electron chi connectivity index (χ2n) is 5.14. The molecule has 2 atom stereocenters. The zero-order valence-corrected chi connectivity index (χ0v) is 9.95. The Morgan fingerprint density at radius 1 is 1.24 bits per heavy atom. The molecule has 17 heavy (non-hydrogen) atoms. The smallest absolute Gasteiger partial charge is 0.146 e. The van der Waals surface area contributed by atoms with Gasteiger partial charge in [0, 0.05) is 24.9 Å². The van der Waals surface area contributed by atoms with Gasteiger partial charge in [0.05, 0.1) is 5.69 Å². The van der Waals surface area contributed by atoms with Gasteiger partial charge in [0.25, 0.3) is 0 Å². The lowest BCUT2D eigenvalue weighted by atomic mass is 9.99. The van der Waals surface area contributed by atoms with Gasteiger partial charge in [-0.15, -0.1) is 0 Å². The number of para-hydroxylation sites is 1. The minimum Gasteiger partial charge on any atom is -0.362 e. The number of halogens is 1. The molecular formula is C14H16FNO. The number of anilines is 1. The predicted octanol–water partition coefficient (Wildman–Crippen LogP) is 2.83. The van der Waals surface area contributed by atoms with Gasteiger partial charge in [-0.05, 0) is 31.4 Å². The maximum atomic E-state index is 14.0. The van der Waals surface area contributed by atoms with Gasteiger partial charge >= 0.3 is 0 Å². The van der Waals surface area contributed by atoms with Crippen LogP contribution in [0.5, 0.6) is 0 Å². The van der Waals surface area contributed by atoms with E-state index in [1.165, 1.54) is 6.07 Å². The van der Waals surface area contributed by atoms with E-state index < -0.39 is 0 Å². The van der Waals surface area contributed by atoms with Crippen LogP contribution in [0.25, 0.3) is 0 Å². The topological polar surface area (TPSA) is 20.3 Å². The first-order valence-corrected chi connectivity index (χ1v) is 6.22. The number of piperidine rings is 1. The summed E-state index contributed by atoms with van der Waals surface area (Å²) in [6.07, 6.45) is 3.21. The van der Waals surface area contributed by atoms with Gasteiger partial charge < -0.3 is 4.90 Å². The summed E-state index contributed by atoms with van der Waals surface area (Å²) >= 11 is 0. The molecule has 0 N–H and O–H groups in total. The van der Waals surface area contributed by atoms with Gasteiger partial charge in [0.1, 0.15) is 11.6 Å². The van der Waals surface area contributed by atoms with Crippen LogP contribution in [0.15, 0.2) is 18.2 Å². The number of nitrogens with zero attached hydrogens (tertiary/aromatic N) is 1. The van der Waals surface area contributed by atoms with Crippen LogP contribution in [0.4, 0.5) is 10.1 Å². The maximum absolute atomic E-state index is 14.0. The molecule has 0 amide bonds. The summed E-state index contributed by atoms with van der Waals surface area (Å²) in [5, 5.41) is 0. The van der Waals surface area contributed by atoms with Crippen molar-refractivity contribution < 1.29 is 9.18 Å². The zero-order chi connectivity index (χ0) is 12.0. The highest BCUT2D eigenvalue weighted by Crippen LogP contribution is 2.40. The Bertz CT molecular complexity index is 435. The lowest BCUT2D eigenvalue weighted by molar-refractivity contribution is -0.120. The fourth-order valence-electron chi connectivity index (χ4n) is 3.29. The van der Waals surface area contributed by atoms with Crippen LogP contribution in [0.2, 0.25) is 0 Å². The molecule has 0 aliphatic carbocycles. The molecule has 1 aromatic carbocycles. The molecule has 2 bridgehead atoms. The van der Waals surface area contributed by atoms with Crippen LogP contribution in [-0.2, 0) is 4.79 Å². The lowest BCUT2D eigenvalue weighted by Gasteiger charge is -2.37. The van der Waals surface area contributed by atoms with E-state index >= 15 is 0 Å². The third kappa shape index (κ3) is 1.65. The Hall–Kier alpha value is -1.38. The normalized spacial score (nSPS) is 27.6. The summed E-state index contributed by atoms with van der Waals surface area (Å²) in [5.74, 6) is 0.180.